The topological polar surface area (TPSA) is 66.5 Å². The Morgan fingerprint density at radius 3 is 2.79 bits per heavy atom. The molecular weight excluding hydrogens is 370 g/mol. The molecule has 1 aromatic rings. The van der Waals surface area contributed by atoms with E-state index in [0.29, 0.717) is 28.9 Å². The maximum absolute atomic E-state index is 6.45. The van der Waals surface area contributed by atoms with Gasteiger partial charge in [0.2, 0.25) is 0 Å². The standard InChI is InChI=1S/C22H36ClN5/c1-22(2,3)11-13-26-17-9-6-8-14-28(15-17)16-18(21(23)25-4)20(24)19-10-5-7-12-27-19/h5,7,10,12,17,26H,6,8-9,11,13-16,24H2,1-4H3/b20-18-,25-21?. The van der Waals surface area contributed by atoms with Crippen molar-refractivity contribution in [2.75, 3.05) is 33.2 Å². The molecule has 0 saturated carbocycles. The summed E-state index contributed by atoms with van der Waals surface area (Å²) in [5, 5.41) is 4.22. The lowest BCUT2D eigenvalue weighted by atomic mass is 9.92. The van der Waals surface area contributed by atoms with E-state index in [1.54, 1.807) is 13.2 Å². The molecule has 1 aliphatic heterocycles. The van der Waals surface area contributed by atoms with Crippen LogP contribution >= 0.6 is 11.6 Å². The summed E-state index contributed by atoms with van der Waals surface area (Å²) in [5.74, 6) is 0. The average molecular weight is 406 g/mol. The number of pyridine rings is 1. The van der Waals surface area contributed by atoms with Gasteiger partial charge in [-0.1, -0.05) is 44.9 Å². The van der Waals surface area contributed by atoms with E-state index in [1.165, 1.54) is 25.7 Å². The lowest BCUT2D eigenvalue weighted by molar-refractivity contribution is 0.272. The molecule has 1 fully saturated rings. The summed E-state index contributed by atoms with van der Waals surface area (Å²) in [4.78, 5) is 11.0. The zero-order valence-corrected chi connectivity index (χ0v) is 18.6. The number of rotatable bonds is 7. The van der Waals surface area contributed by atoms with Gasteiger partial charge in [0.1, 0.15) is 5.17 Å². The monoisotopic (exact) mass is 405 g/mol. The van der Waals surface area contributed by atoms with Crippen LogP contribution in [0.4, 0.5) is 0 Å². The number of hydrogen-bond donors (Lipinski definition) is 2. The first-order chi connectivity index (χ1) is 13.3. The van der Waals surface area contributed by atoms with Crippen molar-refractivity contribution < 1.29 is 0 Å². The second kappa shape index (κ2) is 10.9. The van der Waals surface area contributed by atoms with E-state index in [0.717, 1.165) is 30.9 Å². The molecule has 1 unspecified atom stereocenters. The van der Waals surface area contributed by atoms with E-state index in [1.807, 2.05) is 18.2 Å². The van der Waals surface area contributed by atoms with Crippen molar-refractivity contribution in [3.8, 4) is 0 Å². The minimum Gasteiger partial charge on any atom is -0.397 e. The predicted molar refractivity (Wildman–Crippen MR) is 121 cm³/mol. The molecule has 2 heterocycles. The summed E-state index contributed by atoms with van der Waals surface area (Å²) >= 11 is 6.45. The first-order valence-electron chi connectivity index (χ1n) is 10.3. The van der Waals surface area contributed by atoms with Gasteiger partial charge in [-0.05, 0) is 49.9 Å². The highest BCUT2D eigenvalue weighted by Gasteiger charge is 2.22. The third-order valence-electron chi connectivity index (χ3n) is 5.16. The van der Waals surface area contributed by atoms with Gasteiger partial charge in [0.25, 0.3) is 0 Å². The molecule has 3 N–H and O–H groups in total. The zero-order chi connectivity index (χ0) is 20.6. The average Bonchev–Trinajstić information content (AvgIpc) is 2.89. The van der Waals surface area contributed by atoms with E-state index in [-0.39, 0.29) is 0 Å². The molecule has 0 aromatic carbocycles. The maximum Gasteiger partial charge on any atom is 0.129 e. The van der Waals surface area contributed by atoms with Gasteiger partial charge < -0.3 is 11.1 Å². The molecule has 1 atom stereocenters. The number of hydrogen-bond acceptors (Lipinski definition) is 5. The Kier molecular flexibility index (Phi) is 8.93. The summed E-state index contributed by atoms with van der Waals surface area (Å²) in [7, 11) is 1.70. The Morgan fingerprint density at radius 1 is 1.36 bits per heavy atom. The molecule has 5 nitrogen and oxygen atoms in total. The van der Waals surface area contributed by atoms with Crippen LogP contribution < -0.4 is 11.1 Å². The van der Waals surface area contributed by atoms with Gasteiger partial charge in [-0.15, -0.1) is 0 Å². The normalized spacial score (nSPS) is 20.6. The van der Waals surface area contributed by atoms with E-state index in [2.05, 4.69) is 41.0 Å². The number of nitrogens with zero attached hydrogens (tertiary/aromatic N) is 3. The largest absolute Gasteiger partial charge is 0.397 e. The maximum atomic E-state index is 6.45. The number of halogens is 1. The first kappa shape index (κ1) is 22.9. The molecule has 1 aromatic heterocycles. The highest BCUT2D eigenvalue weighted by molar-refractivity contribution is 6.70. The highest BCUT2D eigenvalue weighted by atomic mass is 35.5. The van der Waals surface area contributed by atoms with Crippen LogP contribution in [0.5, 0.6) is 0 Å². The summed E-state index contributed by atoms with van der Waals surface area (Å²) in [6.45, 7) is 10.7. The van der Waals surface area contributed by atoms with Gasteiger partial charge in [-0.3, -0.25) is 14.9 Å². The number of nitrogens with one attached hydrogen (secondary N) is 1. The van der Waals surface area contributed by atoms with Crippen LogP contribution in [0.15, 0.2) is 35.0 Å². The Balaban J connectivity index is 2.10. The van der Waals surface area contributed by atoms with Crippen LogP contribution in [0.2, 0.25) is 0 Å². The van der Waals surface area contributed by atoms with Crippen molar-refractivity contribution >= 4 is 22.5 Å². The minimum absolute atomic E-state index is 0.357. The van der Waals surface area contributed by atoms with Gasteiger partial charge in [0.05, 0.1) is 11.4 Å². The first-order valence-corrected chi connectivity index (χ1v) is 10.7. The van der Waals surface area contributed by atoms with Crippen LogP contribution in [0.25, 0.3) is 5.70 Å². The summed E-state index contributed by atoms with van der Waals surface area (Å²) < 4.78 is 0. The van der Waals surface area contributed by atoms with Crippen molar-refractivity contribution in [1.29, 1.82) is 0 Å². The molecular formula is C22H36ClN5. The fourth-order valence-electron chi connectivity index (χ4n) is 3.48. The minimum atomic E-state index is 0.357. The van der Waals surface area contributed by atoms with Gasteiger partial charge in [-0.25, -0.2) is 0 Å². The van der Waals surface area contributed by atoms with Crippen LogP contribution in [0, 0.1) is 5.41 Å². The Hall–Kier alpha value is -1.43. The Bertz CT molecular complexity index is 663. The van der Waals surface area contributed by atoms with Crippen molar-refractivity contribution in [1.82, 2.24) is 15.2 Å². The van der Waals surface area contributed by atoms with Crippen molar-refractivity contribution in [2.24, 2.45) is 16.1 Å². The van der Waals surface area contributed by atoms with Gasteiger partial charge in [0.15, 0.2) is 0 Å². The molecule has 0 amide bonds. The molecule has 0 aliphatic carbocycles. The fourth-order valence-corrected chi connectivity index (χ4v) is 3.64. The number of nitrogens with two attached hydrogens (primary N) is 1. The summed E-state index contributed by atoms with van der Waals surface area (Å²) in [5.41, 5.74) is 9.01. The Labute approximate surface area is 175 Å². The van der Waals surface area contributed by atoms with Crippen molar-refractivity contribution in [3.05, 3.63) is 35.7 Å². The van der Waals surface area contributed by atoms with E-state index >= 15 is 0 Å². The molecule has 0 spiro atoms. The zero-order valence-electron chi connectivity index (χ0n) is 17.8. The number of likely N-dealkylation sites (tertiary alicyclic amines) is 1. The van der Waals surface area contributed by atoms with Crippen LogP contribution in [-0.2, 0) is 0 Å². The number of aromatic nitrogens is 1. The second-order valence-corrected chi connectivity index (χ2v) is 9.17. The molecule has 6 heteroatoms. The highest BCUT2D eigenvalue weighted by Crippen LogP contribution is 2.20. The Morgan fingerprint density at radius 2 is 2.14 bits per heavy atom. The van der Waals surface area contributed by atoms with E-state index < -0.39 is 0 Å². The summed E-state index contributed by atoms with van der Waals surface area (Å²) in [6.07, 6.45) is 6.57. The van der Waals surface area contributed by atoms with Crippen LogP contribution in [0.1, 0.15) is 52.1 Å². The lowest BCUT2D eigenvalue weighted by Crippen LogP contribution is -2.42. The fraction of sp³-hybridized carbons (Fsp3) is 0.636. The third kappa shape index (κ3) is 7.53. The smallest absolute Gasteiger partial charge is 0.129 e. The van der Waals surface area contributed by atoms with Gasteiger partial charge in [0, 0.05) is 37.9 Å². The third-order valence-corrected chi connectivity index (χ3v) is 5.55. The predicted octanol–water partition coefficient (Wildman–Crippen LogP) is 3.90. The van der Waals surface area contributed by atoms with Gasteiger partial charge >= 0.3 is 0 Å². The van der Waals surface area contributed by atoms with Crippen molar-refractivity contribution in [3.63, 3.8) is 0 Å². The quantitative estimate of drug-likeness (QED) is 0.675. The van der Waals surface area contributed by atoms with Crippen LogP contribution in [0.3, 0.4) is 0 Å². The molecule has 0 radical (unpaired) electrons. The van der Waals surface area contributed by atoms with Crippen molar-refractivity contribution in [2.45, 2.75) is 52.5 Å². The van der Waals surface area contributed by atoms with Gasteiger partial charge in [-0.2, -0.15) is 0 Å². The molecule has 1 saturated heterocycles. The van der Waals surface area contributed by atoms with Crippen LogP contribution in [-0.4, -0.2) is 54.3 Å². The molecule has 2 rings (SSSR count). The molecule has 0 bridgehead atoms. The molecule has 1 aliphatic rings. The molecule has 156 valence electrons. The second-order valence-electron chi connectivity index (χ2n) is 8.81. The SMILES string of the molecule is CN=C(Cl)/C(CN1CCCCC(NCCC(C)(C)C)C1)=C(\N)c1ccccn1. The van der Waals surface area contributed by atoms with E-state index in [4.69, 9.17) is 17.3 Å². The lowest BCUT2D eigenvalue weighted by Gasteiger charge is -2.27. The number of aliphatic imine (C=N–C) groups is 1. The van der Waals surface area contributed by atoms with E-state index in [9.17, 15) is 0 Å². The molecule has 28 heavy (non-hydrogen) atoms. The summed E-state index contributed by atoms with van der Waals surface area (Å²) in [6, 6.07) is 6.23.